The summed E-state index contributed by atoms with van der Waals surface area (Å²) >= 11 is 0. The number of anilines is 3. The van der Waals surface area contributed by atoms with Gasteiger partial charge in [0.15, 0.2) is 5.65 Å². The SMILES string of the molecule is c1ccc(N(c2ccc3c(c2)c2nc4ncccc4cc2n3-c2ccccn2)c2cccc3ccccc23)cc1. The van der Waals surface area contributed by atoms with E-state index in [0.717, 1.165) is 55.8 Å². The summed E-state index contributed by atoms with van der Waals surface area (Å²) in [5.74, 6) is 0.856. The van der Waals surface area contributed by atoms with Crippen molar-refractivity contribution in [1.82, 2.24) is 19.5 Å². The van der Waals surface area contributed by atoms with Crippen LogP contribution in [0.2, 0.25) is 0 Å². The highest BCUT2D eigenvalue weighted by molar-refractivity contribution is 6.11. The van der Waals surface area contributed by atoms with Gasteiger partial charge in [-0.1, -0.05) is 60.7 Å². The van der Waals surface area contributed by atoms with Crippen molar-refractivity contribution in [2.24, 2.45) is 0 Å². The standard InChI is InChI=1S/C35H23N5/c1-2-13-26(14-3-1)39(30-16-8-11-24-10-4-5-15-28(24)30)27-18-19-31-29(23-27)34-32(40(31)33-17-6-7-20-36-33)22-25-12-9-21-37-35(25)38-34/h1-23H. The summed E-state index contributed by atoms with van der Waals surface area (Å²) in [4.78, 5) is 16.7. The first kappa shape index (κ1) is 22.4. The molecule has 0 aliphatic heterocycles. The number of aromatic nitrogens is 4. The first-order valence-corrected chi connectivity index (χ1v) is 13.3. The average Bonchev–Trinajstić information content (AvgIpc) is 3.33. The van der Waals surface area contributed by atoms with Gasteiger partial charge in [-0.2, -0.15) is 0 Å². The topological polar surface area (TPSA) is 46.8 Å². The van der Waals surface area contributed by atoms with Crippen LogP contribution in [0.25, 0.3) is 49.6 Å². The number of nitrogens with zero attached hydrogens (tertiary/aromatic N) is 5. The predicted molar refractivity (Wildman–Crippen MR) is 164 cm³/mol. The molecule has 4 aromatic heterocycles. The van der Waals surface area contributed by atoms with Crippen molar-refractivity contribution in [2.45, 2.75) is 0 Å². The van der Waals surface area contributed by atoms with E-state index in [-0.39, 0.29) is 0 Å². The van der Waals surface area contributed by atoms with E-state index in [1.165, 1.54) is 10.8 Å². The van der Waals surface area contributed by atoms with Gasteiger partial charge >= 0.3 is 0 Å². The molecule has 0 aliphatic rings. The molecule has 4 heterocycles. The Morgan fingerprint density at radius 1 is 0.525 bits per heavy atom. The highest BCUT2D eigenvalue weighted by atomic mass is 15.1. The quantitative estimate of drug-likeness (QED) is 0.236. The van der Waals surface area contributed by atoms with Crippen LogP contribution >= 0.6 is 0 Å². The van der Waals surface area contributed by atoms with Gasteiger partial charge in [-0.15, -0.1) is 0 Å². The molecule has 0 radical (unpaired) electrons. The molecule has 0 spiro atoms. The van der Waals surface area contributed by atoms with E-state index in [9.17, 15) is 0 Å². The van der Waals surface area contributed by atoms with Gasteiger partial charge in [0.25, 0.3) is 0 Å². The van der Waals surface area contributed by atoms with Crippen LogP contribution in [0.4, 0.5) is 17.1 Å². The summed E-state index contributed by atoms with van der Waals surface area (Å²) in [5.41, 5.74) is 6.95. The fourth-order valence-corrected chi connectivity index (χ4v) is 5.68. The van der Waals surface area contributed by atoms with Crippen molar-refractivity contribution in [1.29, 1.82) is 0 Å². The summed E-state index contributed by atoms with van der Waals surface area (Å²) < 4.78 is 2.19. The van der Waals surface area contributed by atoms with Crippen LogP contribution in [0, 0.1) is 0 Å². The first-order valence-electron chi connectivity index (χ1n) is 13.3. The zero-order valence-corrected chi connectivity index (χ0v) is 21.5. The Kier molecular flexibility index (Phi) is 5.07. The van der Waals surface area contributed by atoms with Crippen LogP contribution in [-0.4, -0.2) is 19.5 Å². The van der Waals surface area contributed by atoms with Crippen LogP contribution in [0.15, 0.2) is 140 Å². The Labute approximate surface area is 230 Å². The third-order valence-electron chi connectivity index (χ3n) is 7.44. The van der Waals surface area contributed by atoms with Crippen LogP contribution in [0.5, 0.6) is 0 Å². The Hall–Kier alpha value is -5.55. The zero-order valence-electron chi connectivity index (χ0n) is 21.5. The maximum atomic E-state index is 5.07. The van der Waals surface area contributed by atoms with Crippen LogP contribution in [0.1, 0.15) is 0 Å². The van der Waals surface area contributed by atoms with Gasteiger partial charge in [0.05, 0.1) is 22.2 Å². The highest BCUT2D eigenvalue weighted by Gasteiger charge is 2.20. The van der Waals surface area contributed by atoms with Gasteiger partial charge in [-0.05, 0) is 72.1 Å². The Balaban J connectivity index is 1.45. The molecule has 0 aliphatic carbocycles. The van der Waals surface area contributed by atoms with Gasteiger partial charge in [-0.25, -0.2) is 15.0 Å². The largest absolute Gasteiger partial charge is 0.310 e. The molecular weight excluding hydrogens is 490 g/mol. The number of para-hydroxylation sites is 1. The molecular formula is C35H23N5. The third-order valence-corrected chi connectivity index (χ3v) is 7.44. The molecule has 0 atom stereocenters. The third kappa shape index (κ3) is 3.52. The molecule has 8 aromatic rings. The monoisotopic (exact) mass is 513 g/mol. The van der Waals surface area contributed by atoms with Crippen molar-refractivity contribution in [3.63, 3.8) is 0 Å². The fraction of sp³-hybridized carbons (Fsp3) is 0. The predicted octanol–water partition coefficient (Wildman–Crippen LogP) is 8.74. The molecule has 5 nitrogen and oxygen atoms in total. The smallest absolute Gasteiger partial charge is 0.159 e. The van der Waals surface area contributed by atoms with Gasteiger partial charge in [0.1, 0.15) is 5.82 Å². The number of rotatable bonds is 4. The second-order valence-electron chi connectivity index (χ2n) is 9.80. The van der Waals surface area contributed by atoms with Crippen molar-refractivity contribution >= 4 is 60.8 Å². The first-order chi connectivity index (χ1) is 19.8. The minimum atomic E-state index is 0.731. The van der Waals surface area contributed by atoms with E-state index in [1.54, 1.807) is 6.20 Å². The van der Waals surface area contributed by atoms with Crippen molar-refractivity contribution < 1.29 is 0 Å². The minimum Gasteiger partial charge on any atom is -0.310 e. The lowest BCUT2D eigenvalue weighted by Gasteiger charge is -2.27. The minimum absolute atomic E-state index is 0.731. The van der Waals surface area contributed by atoms with Crippen molar-refractivity contribution in [2.75, 3.05) is 4.90 Å². The van der Waals surface area contributed by atoms with Gasteiger partial charge in [-0.3, -0.25) is 4.57 Å². The summed E-state index contributed by atoms with van der Waals surface area (Å²) in [7, 11) is 0. The van der Waals surface area contributed by atoms with Crippen molar-refractivity contribution in [3.8, 4) is 5.82 Å². The molecule has 4 aromatic carbocycles. The van der Waals surface area contributed by atoms with E-state index < -0.39 is 0 Å². The van der Waals surface area contributed by atoms with E-state index in [0.29, 0.717) is 0 Å². The van der Waals surface area contributed by atoms with Gasteiger partial charge in [0.2, 0.25) is 0 Å². The van der Waals surface area contributed by atoms with Crippen LogP contribution in [0.3, 0.4) is 0 Å². The molecule has 40 heavy (non-hydrogen) atoms. The summed E-state index contributed by atoms with van der Waals surface area (Å²) in [6.07, 6.45) is 3.62. The normalized spacial score (nSPS) is 11.5. The molecule has 0 fully saturated rings. The second-order valence-corrected chi connectivity index (χ2v) is 9.80. The van der Waals surface area contributed by atoms with Gasteiger partial charge in [0, 0.05) is 39.9 Å². The molecule has 0 N–H and O–H groups in total. The maximum absolute atomic E-state index is 5.07. The Morgan fingerprint density at radius 3 is 2.23 bits per heavy atom. The molecule has 0 saturated carbocycles. The molecule has 0 bridgehead atoms. The molecule has 0 saturated heterocycles. The number of hydrogen-bond donors (Lipinski definition) is 0. The van der Waals surface area contributed by atoms with E-state index in [2.05, 4.69) is 118 Å². The van der Waals surface area contributed by atoms with Crippen LogP contribution in [-0.2, 0) is 0 Å². The summed E-state index contributed by atoms with van der Waals surface area (Å²) in [5, 5.41) is 4.44. The number of hydrogen-bond acceptors (Lipinski definition) is 4. The van der Waals surface area contributed by atoms with E-state index in [1.807, 2.05) is 30.5 Å². The Bertz CT molecular complexity index is 2160. The zero-order chi connectivity index (χ0) is 26.5. The lowest BCUT2D eigenvalue weighted by molar-refractivity contribution is 1.08. The average molecular weight is 514 g/mol. The van der Waals surface area contributed by atoms with Crippen molar-refractivity contribution in [3.05, 3.63) is 140 Å². The molecule has 8 rings (SSSR count). The molecule has 188 valence electrons. The van der Waals surface area contributed by atoms with E-state index >= 15 is 0 Å². The molecule has 0 amide bonds. The fourth-order valence-electron chi connectivity index (χ4n) is 5.68. The van der Waals surface area contributed by atoms with Crippen LogP contribution < -0.4 is 4.90 Å². The lowest BCUT2D eigenvalue weighted by Crippen LogP contribution is -2.10. The molecule has 0 unspecified atom stereocenters. The van der Waals surface area contributed by atoms with E-state index in [4.69, 9.17) is 9.97 Å². The van der Waals surface area contributed by atoms with Gasteiger partial charge < -0.3 is 4.90 Å². The maximum Gasteiger partial charge on any atom is 0.159 e. The number of pyridine rings is 3. The number of fused-ring (bicyclic) bond motifs is 5. The number of benzene rings is 4. The Morgan fingerprint density at radius 2 is 1.32 bits per heavy atom. The summed E-state index contributed by atoms with van der Waals surface area (Å²) in [6.45, 7) is 0. The highest BCUT2D eigenvalue weighted by Crippen LogP contribution is 2.41. The molecule has 5 heteroatoms. The summed E-state index contributed by atoms with van der Waals surface area (Å²) in [6, 6.07) is 44.3. The second kappa shape index (κ2) is 9.03. The lowest BCUT2D eigenvalue weighted by atomic mass is 10.1.